The molecule has 1 aliphatic heterocycles. The topological polar surface area (TPSA) is 862 Å². The number of nitrogens with one attached hydrogen (secondary N) is 17. The van der Waals surface area contributed by atoms with Gasteiger partial charge in [-0.15, -0.1) is 0 Å². The summed E-state index contributed by atoms with van der Waals surface area (Å²) < 4.78 is 0. The van der Waals surface area contributed by atoms with Gasteiger partial charge in [-0.25, -0.2) is 34.3 Å². The number of aliphatic carboxylic acids is 10. The summed E-state index contributed by atoms with van der Waals surface area (Å²) in [6.45, 7) is -2.05. The lowest BCUT2D eigenvalue weighted by Crippen LogP contribution is -2.61. The Bertz CT molecular complexity index is 5560. The van der Waals surface area contributed by atoms with Crippen LogP contribution in [0.4, 0.5) is 4.79 Å². The first kappa shape index (κ1) is 119. The van der Waals surface area contributed by atoms with Crippen LogP contribution in [0.3, 0.4) is 0 Å². The van der Waals surface area contributed by atoms with Gasteiger partial charge in [-0.2, -0.15) is 0 Å². The molecule has 8 rings (SSSR count). The van der Waals surface area contributed by atoms with Crippen LogP contribution in [0, 0.1) is 11.8 Å². The highest BCUT2D eigenvalue weighted by molar-refractivity contribution is 6.00. The largest absolute Gasteiger partial charge is 0.481 e. The first-order chi connectivity index (χ1) is 71.5. The van der Waals surface area contributed by atoms with Crippen molar-refractivity contribution in [3.05, 3.63) is 121 Å². The van der Waals surface area contributed by atoms with Gasteiger partial charge in [-0.1, -0.05) is 42.5 Å². The Morgan fingerprint density at radius 1 is 0.307 bits per heavy atom. The quantitative estimate of drug-likeness (QED) is 0.0159. The van der Waals surface area contributed by atoms with Gasteiger partial charge in [-0.3, -0.25) is 111 Å². The molecule has 27 N–H and O–H groups in total. The number of aromatic nitrogens is 8. The Kier molecular flexibility index (Phi) is 48.5. The molecule has 150 heavy (non-hydrogen) atoms. The van der Waals surface area contributed by atoms with E-state index in [1.165, 1.54) is 69.7 Å². The molecule has 2 fully saturated rings. The number of nitrogens with zero attached hydrogens (tertiary/aromatic N) is 8. The normalized spacial score (nSPS) is 16.5. The summed E-state index contributed by atoms with van der Waals surface area (Å²) in [5.41, 5.74) is 1.13. The molecule has 57 nitrogen and oxygen atoms in total. The second-order valence-electron chi connectivity index (χ2n) is 36.2. The van der Waals surface area contributed by atoms with Crippen LogP contribution in [0.5, 0.6) is 0 Å². The number of rotatable bonds is 63. The third-order valence-electron chi connectivity index (χ3n) is 24.7. The van der Waals surface area contributed by atoms with E-state index in [9.17, 15) is 151 Å². The number of carboxylic acid groups (broad SMARTS) is 10. The van der Waals surface area contributed by atoms with E-state index >= 15 is 0 Å². The van der Waals surface area contributed by atoms with E-state index in [-0.39, 0.29) is 139 Å². The molecule has 13 amide bonds. The van der Waals surface area contributed by atoms with Crippen molar-refractivity contribution in [2.24, 2.45) is 11.8 Å². The number of amides is 13. The van der Waals surface area contributed by atoms with Crippen molar-refractivity contribution in [1.29, 1.82) is 0 Å². The molecule has 11 atom stereocenters. The number of carbonyl (C=O) groups excluding carboxylic acids is 12. The molecule has 4 aromatic heterocycles. The van der Waals surface area contributed by atoms with Gasteiger partial charge in [0, 0.05) is 160 Å². The van der Waals surface area contributed by atoms with E-state index in [4.69, 9.17) is 5.11 Å². The fraction of sp³-hybridized carbons (Fsp3) is 0.527. The summed E-state index contributed by atoms with van der Waals surface area (Å²) in [6, 6.07) is -7.04. The zero-order valence-electron chi connectivity index (χ0n) is 81.7. The van der Waals surface area contributed by atoms with Gasteiger partial charge in [-0.05, 0) is 99.3 Å². The number of imidazole rings is 4. The predicted molar refractivity (Wildman–Crippen MR) is 517 cm³/mol. The number of carboxylic acids is 10. The molecular formula is C93H127N25O32. The van der Waals surface area contributed by atoms with E-state index in [0.717, 1.165) is 10.8 Å². The first-order valence-corrected chi connectivity index (χ1v) is 48.3. The number of hydrogen-bond donors (Lipinski definition) is 27. The van der Waals surface area contributed by atoms with Crippen LogP contribution in [0.25, 0.3) is 10.8 Å². The van der Waals surface area contributed by atoms with E-state index in [1.54, 1.807) is 0 Å². The van der Waals surface area contributed by atoms with Crippen molar-refractivity contribution in [1.82, 2.24) is 129 Å². The maximum absolute atomic E-state index is 14.9. The van der Waals surface area contributed by atoms with Crippen molar-refractivity contribution in [3.63, 3.8) is 0 Å². The smallest absolute Gasteiger partial charge is 0.326 e. The molecule has 816 valence electrons. The third-order valence-corrected chi connectivity index (χ3v) is 24.7. The van der Waals surface area contributed by atoms with Crippen LogP contribution in [0.1, 0.15) is 137 Å². The summed E-state index contributed by atoms with van der Waals surface area (Å²) in [7, 11) is 0. The summed E-state index contributed by atoms with van der Waals surface area (Å²) in [4.78, 5) is 326. The second kappa shape index (κ2) is 61.2. The Hall–Kier alpha value is -16.5. The minimum absolute atomic E-state index is 0.00636. The van der Waals surface area contributed by atoms with Crippen molar-refractivity contribution in [2.45, 2.75) is 208 Å². The zero-order valence-corrected chi connectivity index (χ0v) is 81.7. The molecule has 0 bridgehead atoms. The minimum atomic E-state index is -1.98. The highest BCUT2D eigenvalue weighted by Gasteiger charge is 2.40. The summed E-state index contributed by atoms with van der Waals surface area (Å²) in [5.74, 6) is -26.1. The standard InChI is InChI=1S/C93H127N25O32/c119-72(44-115-25-27-116(45-78(130)131)29-31-118(47-80(134)135)32-30-117(28-26-115)46-79(132)133)104-61(14-19-73(120)121)84(139)110-69(36-58-41-95-49-101-58)88(143)106-63(16-21-75(124)125)86(141)112-71(38-60-43-97-51-103-60)90(145)107-64(17-22-76(126)127)87(142)111-70(37-59-42-96-50-102-59)89(144)105-62(15-20-74(122)123)85(140)109-68(35-57-40-94-48-100-57)83(138)99-39-52-8-12-55(13-9-52)81(136)108-67(34-53-10-11-54-5-1-2-6-56(54)33-53)82(137)98-24-4-3-7-65(91(146)147)113-93(150)114-66(92(148)149)18-23-77(128)129/h1-2,5-6,10-11,33,40-43,48-52,55,61-71H,3-4,7-9,12-32,34-39,44-47H2,(H,94,100)(H,95,101)(H,96,102)(H,97,103)(H,98,137)(H,99,138)(H,104,119)(H,105,144)(H,106,143)(H,107,145)(H,108,136)(H,109,140)(H,110,139)(H,111,142)(H,112,141)(H,120,121)(H,122,123)(H,124,125)(H,126,127)(H,128,129)(H,130,131)(H,132,133)(H,134,135)(H,146,147)(H,148,149)(H2,113,114,150)/t52-,55-,61-,62-,63-,64-,65-,66-,67-,68-,69-,70-,71-/m0/s1. The average Bonchev–Trinajstić information content (AvgIpc) is 1.17. The van der Waals surface area contributed by atoms with Gasteiger partial charge in [0.2, 0.25) is 65.0 Å². The van der Waals surface area contributed by atoms with Crippen LogP contribution in [-0.2, 0) is 133 Å². The molecule has 1 saturated heterocycles. The van der Waals surface area contributed by atoms with Crippen molar-refractivity contribution < 1.29 is 157 Å². The van der Waals surface area contributed by atoms with Crippen LogP contribution >= 0.6 is 0 Å². The van der Waals surface area contributed by atoms with Crippen LogP contribution in [0.15, 0.2) is 92.6 Å². The van der Waals surface area contributed by atoms with Gasteiger partial charge in [0.15, 0.2) is 0 Å². The van der Waals surface area contributed by atoms with Gasteiger partial charge in [0.1, 0.15) is 66.5 Å². The van der Waals surface area contributed by atoms with E-state index in [1.807, 2.05) is 42.5 Å². The average molecular weight is 2110 g/mol. The summed E-state index contributed by atoms with van der Waals surface area (Å²) in [6.07, 6.45) is 2.52. The fourth-order valence-corrected chi connectivity index (χ4v) is 16.6. The number of urea groups is 1. The fourth-order valence-electron chi connectivity index (χ4n) is 16.6. The predicted octanol–water partition coefficient (Wildman–Crippen LogP) is -5.18. The lowest BCUT2D eigenvalue weighted by molar-refractivity contribution is -0.141. The van der Waals surface area contributed by atoms with Gasteiger partial charge in [0.25, 0.3) is 0 Å². The molecule has 0 spiro atoms. The molecule has 0 radical (unpaired) electrons. The number of aromatic amines is 4. The lowest BCUT2D eigenvalue weighted by atomic mass is 9.81. The number of hydrogen-bond acceptors (Lipinski definition) is 30. The van der Waals surface area contributed by atoms with E-state index < -0.39 is 313 Å². The van der Waals surface area contributed by atoms with Crippen LogP contribution in [0.2, 0.25) is 0 Å². The number of fused-ring (bicyclic) bond motifs is 1. The number of unbranched alkanes of at least 4 members (excludes halogenated alkanes) is 1. The maximum Gasteiger partial charge on any atom is 0.326 e. The monoisotopic (exact) mass is 2110 g/mol. The molecular weight excluding hydrogens is 1980 g/mol. The van der Waals surface area contributed by atoms with Gasteiger partial charge < -0.3 is 140 Å². The summed E-state index contributed by atoms with van der Waals surface area (Å²) >= 11 is 0. The van der Waals surface area contributed by atoms with Gasteiger partial charge in [0.05, 0.1) is 74.3 Å². The molecule has 6 aromatic rings. The molecule has 5 heterocycles. The number of H-pyrrole nitrogens is 4. The molecule has 1 aliphatic carbocycles. The Morgan fingerprint density at radius 2 is 0.620 bits per heavy atom. The molecule has 0 unspecified atom stereocenters. The van der Waals surface area contributed by atoms with E-state index in [0.29, 0.717) is 18.4 Å². The SMILES string of the molecule is O=C(O)CC[C@H](NC(=O)N[C@@H](CCCCNC(=O)[C@H](Cc1ccc2ccccc2c1)NC(=O)[C@H]1CC[C@H](CNC(=O)[C@H](Cc2c[nH]cn2)NC(=O)[C@H](CCC(=O)O)NC(=O)[C@H](Cc2c[nH]cn2)NC(=O)[C@H](CCC(=O)O)NC(=O)[C@H](Cc2c[nH]cn2)NC(=O)[C@H](CCC(=O)O)NC(=O)[C@H](Cc2c[nH]cn2)NC(=O)[C@H](CCC(=O)O)NC(=O)CN2CCN(CC(=O)O)CCN(CC(=O)O)CCN(CC(=O)O)CC2)CC1)C(=O)O)C(=O)O. The Labute approximate surface area is 855 Å². The minimum Gasteiger partial charge on any atom is -0.481 e. The third kappa shape index (κ3) is 43.3. The summed E-state index contributed by atoms with van der Waals surface area (Å²) in [5, 5.41) is 131. The Morgan fingerprint density at radius 3 is 0.967 bits per heavy atom. The first-order valence-electron chi connectivity index (χ1n) is 48.3. The van der Waals surface area contributed by atoms with Crippen molar-refractivity contribution in [3.8, 4) is 0 Å². The van der Waals surface area contributed by atoms with Gasteiger partial charge >= 0.3 is 65.7 Å². The maximum atomic E-state index is 14.9. The number of carbonyl (C=O) groups is 22. The molecule has 1 saturated carbocycles. The second-order valence-corrected chi connectivity index (χ2v) is 36.2. The Balaban J connectivity index is 0.935. The molecule has 2 aromatic carbocycles. The highest BCUT2D eigenvalue weighted by atomic mass is 16.4. The lowest BCUT2D eigenvalue weighted by Gasteiger charge is -2.33. The van der Waals surface area contributed by atoms with Crippen LogP contribution in [-0.4, -0.2) is 399 Å². The zero-order chi connectivity index (χ0) is 109. The number of benzene rings is 2. The highest BCUT2D eigenvalue weighted by Crippen LogP contribution is 2.30. The molecule has 57 heteroatoms. The van der Waals surface area contributed by atoms with Crippen molar-refractivity contribution in [2.75, 3.05) is 91.6 Å². The molecule has 2 aliphatic rings. The van der Waals surface area contributed by atoms with E-state index in [2.05, 4.69) is 109 Å². The van der Waals surface area contributed by atoms with Crippen molar-refractivity contribution >= 4 is 141 Å². The van der Waals surface area contributed by atoms with Crippen LogP contribution < -0.4 is 69.1 Å².